The number of imidazole rings is 1. The number of nitrogens with zero attached hydrogens (tertiary/aromatic N) is 2. The van der Waals surface area contributed by atoms with Crippen LogP contribution in [0.3, 0.4) is 0 Å². The van der Waals surface area contributed by atoms with Crippen molar-refractivity contribution in [3.05, 3.63) is 65.6 Å². The van der Waals surface area contributed by atoms with Gasteiger partial charge in [0.05, 0.1) is 12.8 Å². The van der Waals surface area contributed by atoms with E-state index in [2.05, 4.69) is 34.6 Å². The number of methoxy groups -OCH3 is 1. The Hall–Kier alpha value is -2.82. The van der Waals surface area contributed by atoms with Gasteiger partial charge in [-0.05, 0) is 48.2 Å². The van der Waals surface area contributed by atoms with Gasteiger partial charge in [0, 0.05) is 31.3 Å². The second kappa shape index (κ2) is 8.25. The molecule has 0 aliphatic heterocycles. The van der Waals surface area contributed by atoms with Crippen molar-refractivity contribution in [2.45, 2.75) is 33.1 Å². The Bertz CT molecular complexity index is 930. The maximum Gasteiger partial charge on any atom is 0.221 e. The van der Waals surface area contributed by atoms with Crippen molar-refractivity contribution in [3.8, 4) is 5.75 Å². The predicted molar refractivity (Wildman–Crippen MR) is 107 cm³/mol. The van der Waals surface area contributed by atoms with Gasteiger partial charge in [-0.25, -0.2) is 4.98 Å². The summed E-state index contributed by atoms with van der Waals surface area (Å²) in [6, 6.07) is 12.0. The van der Waals surface area contributed by atoms with Crippen LogP contribution in [0.25, 0.3) is 5.65 Å². The molecular weight excluding hydrogens is 338 g/mol. The third-order valence-corrected chi connectivity index (χ3v) is 4.65. The number of pyridine rings is 1. The van der Waals surface area contributed by atoms with Crippen LogP contribution in [0.15, 0.2) is 48.8 Å². The normalized spacial score (nSPS) is 12.3. The Morgan fingerprint density at radius 1 is 1.26 bits per heavy atom. The standard InChI is InChI=1S/C22H27N3O2/c1-15(2)13-24-22(26)12-19(17-6-5-7-18(11-17)27-4)20-14-23-21-10-16(3)8-9-25(20)21/h5-11,14-15,19H,12-13H2,1-4H3,(H,24,26)/t19-/m0/s1. The largest absolute Gasteiger partial charge is 0.497 e. The van der Waals surface area contributed by atoms with Crippen LogP contribution in [0.4, 0.5) is 0 Å². The third-order valence-electron chi connectivity index (χ3n) is 4.65. The molecule has 0 spiro atoms. The molecule has 3 rings (SSSR count). The first-order valence-electron chi connectivity index (χ1n) is 9.32. The average Bonchev–Trinajstić information content (AvgIpc) is 3.07. The van der Waals surface area contributed by atoms with Crippen LogP contribution in [-0.2, 0) is 4.79 Å². The van der Waals surface area contributed by atoms with E-state index in [1.807, 2.05) is 49.6 Å². The number of ether oxygens (including phenoxy) is 1. The zero-order chi connectivity index (χ0) is 19.4. The van der Waals surface area contributed by atoms with Crippen LogP contribution in [0, 0.1) is 12.8 Å². The molecule has 0 radical (unpaired) electrons. The summed E-state index contributed by atoms with van der Waals surface area (Å²) in [4.78, 5) is 17.1. The highest BCUT2D eigenvalue weighted by molar-refractivity contribution is 5.77. The van der Waals surface area contributed by atoms with Crippen molar-refractivity contribution >= 4 is 11.6 Å². The van der Waals surface area contributed by atoms with E-state index in [-0.39, 0.29) is 11.8 Å². The fourth-order valence-corrected chi connectivity index (χ4v) is 3.19. The highest BCUT2D eigenvalue weighted by Gasteiger charge is 2.22. The van der Waals surface area contributed by atoms with E-state index in [0.717, 1.165) is 28.2 Å². The van der Waals surface area contributed by atoms with Crippen molar-refractivity contribution in [1.29, 1.82) is 0 Å². The maximum absolute atomic E-state index is 12.6. The lowest BCUT2D eigenvalue weighted by atomic mass is 9.92. The molecule has 0 aliphatic rings. The van der Waals surface area contributed by atoms with Gasteiger partial charge in [0.25, 0.3) is 0 Å². The Kier molecular flexibility index (Phi) is 5.79. The van der Waals surface area contributed by atoms with E-state index in [1.54, 1.807) is 7.11 Å². The number of rotatable bonds is 7. The summed E-state index contributed by atoms with van der Waals surface area (Å²) >= 11 is 0. The zero-order valence-corrected chi connectivity index (χ0v) is 16.4. The number of hydrogen-bond acceptors (Lipinski definition) is 3. The molecule has 1 aromatic carbocycles. The molecule has 142 valence electrons. The Labute approximate surface area is 160 Å². The van der Waals surface area contributed by atoms with Crippen molar-refractivity contribution < 1.29 is 9.53 Å². The third kappa shape index (κ3) is 4.48. The fourth-order valence-electron chi connectivity index (χ4n) is 3.19. The lowest BCUT2D eigenvalue weighted by molar-refractivity contribution is -0.121. The number of carbonyl (C=O) groups excluding carboxylic acids is 1. The quantitative estimate of drug-likeness (QED) is 0.690. The Balaban J connectivity index is 1.99. The molecule has 1 N–H and O–H groups in total. The summed E-state index contributed by atoms with van der Waals surface area (Å²) < 4.78 is 7.45. The first-order valence-corrected chi connectivity index (χ1v) is 9.32. The number of carbonyl (C=O) groups is 1. The number of amides is 1. The summed E-state index contributed by atoms with van der Waals surface area (Å²) in [5, 5.41) is 3.03. The molecule has 1 atom stereocenters. The van der Waals surface area contributed by atoms with Crippen molar-refractivity contribution in [2.75, 3.05) is 13.7 Å². The molecule has 2 heterocycles. The number of fused-ring (bicyclic) bond motifs is 1. The van der Waals surface area contributed by atoms with Crippen LogP contribution < -0.4 is 10.1 Å². The molecule has 2 aromatic heterocycles. The first-order chi connectivity index (χ1) is 13.0. The van der Waals surface area contributed by atoms with E-state index >= 15 is 0 Å². The van der Waals surface area contributed by atoms with Crippen LogP contribution in [0.1, 0.15) is 43.0 Å². The molecule has 1 amide bonds. The van der Waals surface area contributed by atoms with Gasteiger partial charge in [-0.3, -0.25) is 4.79 Å². The molecule has 0 fully saturated rings. The molecule has 5 heteroatoms. The number of benzene rings is 1. The summed E-state index contributed by atoms with van der Waals surface area (Å²) in [7, 11) is 1.65. The second-order valence-corrected chi connectivity index (χ2v) is 7.35. The lowest BCUT2D eigenvalue weighted by Crippen LogP contribution is -2.29. The van der Waals surface area contributed by atoms with Gasteiger partial charge in [0.1, 0.15) is 11.4 Å². The summed E-state index contributed by atoms with van der Waals surface area (Å²) in [6.45, 7) is 6.91. The number of hydrogen-bond donors (Lipinski definition) is 1. The topological polar surface area (TPSA) is 55.6 Å². The minimum atomic E-state index is -0.107. The maximum atomic E-state index is 12.6. The minimum Gasteiger partial charge on any atom is -0.497 e. The molecule has 5 nitrogen and oxygen atoms in total. The van der Waals surface area contributed by atoms with Crippen LogP contribution >= 0.6 is 0 Å². The first kappa shape index (κ1) is 19.0. The van der Waals surface area contributed by atoms with Gasteiger partial charge >= 0.3 is 0 Å². The summed E-state index contributed by atoms with van der Waals surface area (Å²) in [5.41, 5.74) is 4.09. The van der Waals surface area contributed by atoms with Gasteiger partial charge in [0.2, 0.25) is 5.91 Å². The summed E-state index contributed by atoms with van der Waals surface area (Å²) in [5.74, 6) is 1.14. The van der Waals surface area contributed by atoms with Gasteiger partial charge in [-0.15, -0.1) is 0 Å². The average molecular weight is 365 g/mol. The molecule has 0 bridgehead atoms. The predicted octanol–water partition coefficient (Wildman–Crippen LogP) is 3.95. The molecular formula is C22H27N3O2. The van der Waals surface area contributed by atoms with E-state index in [1.165, 1.54) is 0 Å². The molecule has 27 heavy (non-hydrogen) atoms. The van der Waals surface area contributed by atoms with Crippen LogP contribution in [0.5, 0.6) is 5.75 Å². The van der Waals surface area contributed by atoms with E-state index in [9.17, 15) is 4.79 Å². The molecule has 3 aromatic rings. The Morgan fingerprint density at radius 2 is 2.07 bits per heavy atom. The lowest BCUT2D eigenvalue weighted by Gasteiger charge is -2.18. The SMILES string of the molecule is COc1cccc([C@H](CC(=O)NCC(C)C)c2cnc3cc(C)ccn23)c1. The van der Waals surface area contributed by atoms with Crippen molar-refractivity contribution in [1.82, 2.24) is 14.7 Å². The zero-order valence-electron chi connectivity index (χ0n) is 16.4. The van der Waals surface area contributed by atoms with Gasteiger partial charge < -0.3 is 14.5 Å². The summed E-state index contributed by atoms with van der Waals surface area (Å²) in [6.07, 6.45) is 4.25. The monoisotopic (exact) mass is 365 g/mol. The van der Waals surface area contributed by atoms with E-state index in [4.69, 9.17) is 4.74 Å². The van der Waals surface area contributed by atoms with Crippen molar-refractivity contribution in [3.63, 3.8) is 0 Å². The highest BCUT2D eigenvalue weighted by atomic mass is 16.5. The number of aryl methyl sites for hydroxylation is 1. The van der Waals surface area contributed by atoms with Gasteiger partial charge in [-0.1, -0.05) is 26.0 Å². The Morgan fingerprint density at radius 3 is 2.81 bits per heavy atom. The van der Waals surface area contributed by atoms with E-state index < -0.39 is 0 Å². The molecule has 0 saturated carbocycles. The highest BCUT2D eigenvalue weighted by Crippen LogP contribution is 2.31. The number of aromatic nitrogens is 2. The van der Waals surface area contributed by atoms with Crippen LogP contribution in [-0.4, -0.2) is 28.9 Å². The molecule has 0 aliphatic carbocycles. The smallest absolute Gasteiger partial charge is 0.221 e. The second-order valence-electron chi connectivity index (χ2n) is 7.35. The van der Waals surface area contributed by atoms with Gasteiger partial charge in [-0.2, -0.15) is 0 Å². The van der Waals surface area contributed by atoms with Crippen LogP contribution in [0.2, 0.25) is 0 Å². The van der Waals surface area contributed by atoms with E-state index in [0.29, 0.717) is 18.9 Å². The van der Waals surface area contributed by atoms with Crippen molar-refractivity contribution in [2.24, 2.45) is 5.92 Å². The fraction of sp³-hybridized carbons (Fsp3) is 0.364. The number of nitrogens with one attached hydrogen (secondary N) is 1. The minimum absolute atomic E-state index is 0.0404. The van der Waals surface area contributed by atoms with Gasteiger partial charge in [0.15, 0.2) is 0 Å². The molecule has 0 saturated heterocycles. The molecule has 0 unspecified atom stereocenters.